The van der Waals surface area contributed by atoms with Crippen molar-refractivity contribution in [2.75, 3.05) is 13.1 Å². The third kappa shape index (κ3) is 2.58. The molecule has 0 saturated carbocycles. The number of rotatable bonds is 3. The number of hydrogen-bond donors (Lipinski definition) is 0. The lowest BCUT2D eigenvalue weighted by Crippen LogP contribution is -2.30. The summed E-state index contributed by atoms with van der Waals surface area (Å²) in [5, 5.41) is 4.30. The number of fused-ring (bicyclic) bond motifs is 1. The van der Waals surface area contributed by atoms with Crippen LogP contribution in [0.4, 0.5) is 0 Å². The SMILES string of the molecule is O=C(c1ccccc1)N1CC[C@H](Cn2nc3cnccn3c2=O)C1. The molecular weight excluding hydrogens is 306 g/mol. The van der Waals surface area contributed by atoms with E-state index in [0.717, 1.165) is 6.42 Å². The van der Waals surface area contributed by atoms with Crippen LogP contribution in [-0.4, -0.2) is 43.1 Å². The fourth-order valence-corrected chi connectivity index (χ4v) is 3.17. The van der Waals surface area contributed by atoms with Gasteiger partial charge in [0.05, 0.1) is 12.7 Å². The molecular formula is C17H17N5O2. The van der Waals surface area contributed by atoms with Crippen molar-refractivity contribution in [2.45, 2.75) is 13.0 Å². The first-order valence-corrected chi connectivity index (χ1v) is 7.96. The molecule has 1 atom stereocenters. The lowest BCUT2D eigenvalue weighted by molar-refractivity contribution is 0.0785. The van der Waals surface area contributed by atoms with Gasteiger partial charge in [-0.2, -0.15) is 0 Å². The summed E-state index contributed by atoms with van der Waals surface area (Å²) < 4.78 is 2.95. The summed E-state index contributed by atoms with van der Waals surface area (Å²) in [5.74, 6) is 0.276. The van der Waals surface area contributed by atoms with E-state index in [1.807, 2.05) is 35.2 Å². The summed E-state index contributed by atoms with van der Waals surface area (Å²) in [6.45, 7) is 1.87. The number of amides is 1. The first kappa shape index (κ1) is 14.6. The van der Waals surface area contributed by atoms with Crippen LogP contribution in [0.5, 0.6) is 0 Å². The monoisotopic (exact) mass is 323 g/mol. The average Bonchev–Trinajstić information content (AvgIpc) is 3.21. The predicted octanol–water partition coefficient (Wildman–Crippen LogP) is 1.05. The lowest BCUT2D eigenvalue weighted by atomic mass is 10.1. The van der Waals surface area contributed by atoms with Crippen molar-refractivity contribution in [1.82, 2.24) is 24.1 Å². The van der Waals surface area contributed by atoms with Gasteiger partial charge in [-0.15, -0.1) is 5.10 Å². The molecule has 1 amide bonds. The van der Waals surface area contributed by atoms with Crippen LogP contribution in [0.1, 0.15) is 16.8 Å². The minimum absolute atomic E-state index is 0.0460. The summed E-state index contributed by atoms with van der Waals surface area (Å²) in [7, 11) is 0. The van der Waals surface area contributed by atoms with E-state index in [9.17, 15) is 9.59 Å². The van der Waals surface area contributed by atoms with Crippen molar-refractivity contribution in [3.05, 3.63) is 65.0 Å². The van der Waals surface area contributed by atoms with Gasteiger partial charge in [0, 0.05) is 31.0 Å². The Morgan fingerprint density at radius 1 is 1.25 bits per heavy atom. The fourth-order valence-electron chi connectivity index (χ4n) is 3.17. The normalized spacial score (nSPS) is 17.5. The topological polar surface area (TPSA) is 72.5 Å². The summed E-state index contributed by atoms with van der Waals surface area (Å²) in [6.07, 6.45) is 5.62. The standard InChI is InChI=1S/C17H17N5O2/c23-16(14-4-2-1-3-5-14)20-8-6-13(11-20)12-22-17(24)21-9-7-18-10-15(21)19-22/h1-5,7,9-10,13H,6,8,11-12H2/t13-/m0/s1. The van der Waals surface area contributed by atoms with Gasteiger partial charge in [0.2, 0.25) is 0 Å². The molecule has 0 unspecified atom stereocenters. The molecule has 0 aliphatic carbocycles. The Kier molecular flexibility index (Phi) is 3.60. The Bertz CT molecular complexity index is 931. The summed E-state index contributed by atoms with van der Waals surface area (Å²) in [5.41, 5.74) is 1.08. The number of nitrogens with zero attached hydrogens (tertiary/aromatic N) is 5. The van der Waals surface area contributed by atoms with Crippen LogP contribution >= 0.6 is 0 Å². The van der Waals surface area contributed by atoms with E-state index in [4.69, 9.17) is 0 Å². The van der Waals surface area contributed by atoms with Gasteiger partial charge in [-0.3, -0.25) is 9.78 Å². The predicted molar refractivity (Wildman–Crippen MR) is 87.7 cm³/mol. The Morgan fingerprint density at radius 3 is 2.88 bits per heavy atom. The van der Waals surface area contributed by atoms with Crippen molar-refractivity contribution in [1.29, 1.82) is 0 Å². The summed E-state index contributed by atoms with van der Waals surface area (Å²) in [4.78, 5) is 30.6. The molecule has 3 heterocycles. The molecule has 1 aliphatic heterocycles. The molecule has 2 aromatic heterocycles. The second-order valence-corrected chi connectivity index (χ2v) is 6.04. The van der Waals surface area contributed by atoms with Crippen LogP contribution < -0.4 is 5.69 Å². The second kappa shape index (κ2) is 5.92. The molecule has 1 aliphatic rings. The first-order chi connectivity index (χ1) is 11.7. The van der Waals surface area contributed by atoms with Crippen LogP contribution in [-0.2, 0) is 6.54 Å². The fraction of sp³-hybridized carbons (Fsp3) is 0.294. The van der Waals surface area contributed by atoms with E-state index >= 15 is 0 Å². The number of benzene rings is 1. The molecule has 1 aromatic carbocycles. The molecule has 24 heavy (non-hydrogen) atoms. The molecule has 0 spiro atoms. The minimum atomic E-state index is -0.166. The maximum Gasteiger partial charge on any atom is 0.350 e. The van der Waals surface area contributed by atoms with Crippen molar-refractivity contribution in [3.8, 4) is 0 Å². The molecule has 3 aromatic rings. The van der Waals surface area contributed by atoms with Crippen molar-refractivity contribution in [2.24, 2.45) is 5.92 Å². The van der Waals surface area contributed by atoms with Gasteiger partial charge in [-0.25, -0.2) is 13.9 Å². The van der Waals surface area contributed by atoms with E-state index in [2.05, 4.69) is 10.1 Å². The van der Waals surface area contributed by atoms with Crippen LogP contribution in [0.3, 0.4) is 0 Å². The summed E-state index contributed by atoms with van der Waals surface area (Å²) >= 11 is 0. The van der Waals surface area contributed by atoms with Gasteiger partial charge in [-0.05, 0) is 24.5 Å². The highest BCUT2D eigenvalue weighted by molar-refractivity contribution is 5.94. The Labute approximate surface area is 138 Å². The van der Waals surface area contributed by atoms with E-state index in [0.29, 0.717) is 30.8 Å². The third-order valence-corrected chi connectivity index (χ3v) is 4.41. The second-order valence-electron chi connectivity index (χ2n) is 6.04. The molecule has 122 valence electrons. The van der Waals surface area contributed by atoms with E-state index in [1.165, 1.54) is 9.08 Å². The smallest absolute Gasteiger partial charge is 0.338 e. The van der Waals surface area contributed by atoms with Gasteiger partial charge >= 0.3 is 5.69 Å². The number of likely N-dealkylation sites (tertiary alicyclic amines) is 1. The van der Waals surface area contributed by atoms with Crippen LogP contribution in [0.2, 0.25) is 0 Å². The highest BCUT2D eigenvalue weighted by Crippen LogP contribution is 2.19. The molecule has 0 radical (unpaired) electrons. The molecule has 1 saturated heterocycles. The molecule has 0 bridgehead atoms. The first-order valence-electron chi connectivity index (χ1n) is 7.96. The van der Waals surface area contributed by atoms with Gasteiger partial charge in [0.25, 0.3) is 5.91 Å². The van der Waals surface area contributed by atoms with E-state index < -0.39 is 0 Å². The van der Waals surface area contributed by atoms with Crippen LogP contribution in [0.15, 0.2) is 53.7 Å². The number of hydrogen-bond acceptors (Lipinski definition) is 4. The van der Waals surface area contributed by atoms with Gasteiger partial charge in [-0.1, -0.05) is 18.2 Å². The lowest BCUT2D eigenvalue weighted by Gasteiger charge is -2.16. The highest BCUT2D eigenvalue weighted by atomic mass is 16.2. The van der Waals surface area contributed by atoms with Gasteiger partial charge in [0.1, 0.15) is 0 Å². The minimum Gasteiger partial charge on any atom is -0.338 e. The average molecular weight is 323 g/mol. The zero-order valence-electron chi connectivity index (χ0n) is 13.1. The highest BCUT2D eigenvalue weighted by Gasteiger charge is 2.28. The maximum absolute atomic E-state index is 12.5. The van der Waals surface area contributed by atoms with Crippen molar-refractivity contribution < 1.29 is 4.79 Å². The van der Waals surface area contributed by atoms with Crippen LogP contribution in [0.25, 0.3) is 5.65 Å². The molecule has 4 rings (SSSR count). The van der Waals surface area contributed by atoms with Gasteiger partial charge in [0.15, 0.2) is 5.65 Å². The maximum atomic E-state index is 12.5. The van der Waals surface area contributed by atoms with E-state index in [-0.39, 0.29) is 17.5 Å². The molecule has 0 N–H and O–H groups in total. The molecule has 1 fully saturated rings. The van der Waals surface area contributed by atoms with Crippen molar-refractivity contribution >= 4 is 11.6 Å². The number of carbonyl (C=O) groups is 1. The molecule has 7 nitrogen and oxygen atoms in total. The zero-order chi connectivity index (χ0) is 16.5. The Morgan fingerprint density at radius 2 is 2.08 bits per heavy atom. The van der Waals surface area contributed by atoms with Crippen LogP contribution in [0, 0.1) is 5.92 Å². The van der Waals surface area contributed by atoms with Gasteiger partial charge < -0.3 is 4.90 Å². The Balaban J connectivity index is 1.48. The zero-order valence-corrected chi connectivity index (χ0v) is 13.1. The quantitative estimate of drug-likeness (QED) is 0.722. The van der Waals surface area contributed by atoms with Crippen molar-refractivity contribution in [3.63, 3.8) is 0 Å². The van der Waals surface area contributed by atoms with E-state index in [1.54, 1.807) is 18.6 Å². The number of aromatic nitrogens is 4. The Hall–Kier alpha value is -2.96. The summed E-state index contributed by atoms with van der Waals surface area (Å²) in [6, 6.07) is 9.29. The third-order valence-electron chi connectivity index (χ3n) is 4.41. The molecule has 7 heteroatoms. The number of carbonyl (C=O) groups excluding carboxylic acids is 1. The largest absolute Gasteiger partial charge is 0.350 e.